The minimum atomic E-state index is -5.67. The number of hydrogen-bond acceptors (Lipinski definition) is 4. The monoisotopic (exact) mass is 349 g/mol. The molecule has 0 aliphatic carbocycles. The molecule has 0 bridgehead atoms. The maximum atomic E-state index is 12.4. The van der Waals surface area contributed by atoms with Gasteiger partial charge in [0.2, 0.25) is 7.37 Å². The first-order chi connectivity index (χ1) is 9.18. The third-order valence-corrected chi connectivity index (χ3v) is 7.12. The van der Waals surface area contributed by atoms with Crippen LogP contribution in [0.2, 0.25) is 0 Å². The first-order valence-corrected chi connectivity index (χ1v) is 9.00. The average molecular weight is 349 g/mol. The first-order valence-electron chi connectivity index (χ1n) is 5.31. The highest BCUT2D eigenvalue weighted by atomic mass is 31.2. The molecule has 21 heavy (non-hydrogen) atoms. The lowest BCUT2D eigenvalue weighted by atomic mass is 10.2. The Morgan fingerprint density at radius 3 is 1.95 bits per heavy atom. The van der Waals surface area contributed by atoms with Crippen LogP contribution in [0, 0.1) is 0 Å². The van der Waals surface area contributed by atoms with Crippen LogP contribution in [-0.4, -0.2) is 26.6 Å². The Hall–Kier alpha value is -0.760. The summed E-state index contributed by atoms with van der Waals surface area (Å²) in [6.07, 6.45) is -3.09. The highest BCUT2D eigenvalue weighted by Crippen LogP contribution is 2.65. The number of alkyl halides is 3. The maximum absolute atomic E-state index is 12.4. The Labute approximate surface area is 117 Å². The third-order valence-electron chi connectivity index (χ3n) is 2.73. The SMILES string of the molecule is CP(=O)(O)C(O)(C[n+]1ccc(C(F)(F)F)cc1)P(=O)([O-])O. The van der Waals surface area contributed by atoms with E-state index in [9.17, 15) is 37.2 Å². The van der Waals surface area contributed by atoms with Gasteiger partial charge in [0.15, 0.2) is 26.5 Å². The molecular weight excluding hydrogens is 337 g/mol. The molecule has 3 atom stereocenters. The van der Waals surface area contributed by atoms with Gasteiger partial charge in [-0.25, -0.2) is 4.57 Å². The fourth-order valence-electron chi connectivity index (χ4n) is 1.45. The highest BCUT2D eigenvalue weighted by Gasteiger charge is 2.54. The van der Waals surface area contributed by atoms with Crippen molar-refractivity contribution in [2.24, 2.45) is 0 Å². The Kier molecular flexibility index (Phi) is 4.76. The molecular formula is C9H12F3NO6P2. The summed E-state index contributed by atoms with van der Waals surface area (Å²) < 4.78 is 60.4. The molecule has 0 amide bonds. The van der Waals surface area contributed by atoms with Gasteiger partial charge in [-0.2, -0.15) is 13.2 Å². The lowest BCUT2D eigenvalue weighted by Crippen LogP contribution is -2.49. The summed E-state index contributed by atoms with van der Waals surface area (Å²) in [7, 11) is -10.4. The molecule has 0 aliphatic rings. The smallest absolute Gasteiger partial charge is 0.416 e. The summed E-state index contributed by atoms with van der Waals surface area (Å²) in [5.74, 6) is 0. The molecule has 3 N–H and O–H groups in total. The molecule has 0 spiro atoms. The third kappa shape index (κ3) is 3.91. The van der Waals surface area contributed by atoms with Gasteiger partial charge >= 0.3 is 6.18 Å². The molecule has 120 valence electrons. The summed E-state index contributed by atoms with van der Waals surface area (Å²) in [6.45, 7) is -0.592. The van der Waals surface area contributed by atoms with E-state index in [1.54, 1.807) is 0 Å². The molecule has 0 saturated heterocycles. The summed E-state index contributed by atoms with van der Waals surface area (Å²) in [6, 6.07) is 1.18. The summed E-state index contributed by atoms with van der Waals surface area (Å²) >= 11 is 0. The second kappa shape index (κ2) is 5.46. The molecule has 12 heteroatoms. The van der Waals surface area contributed by atoms with Gasteiger partial charge in [0.05, 0.1) is 5.56 Å². The van der Waals surface area contributed by atoms with Crippen LogP contribution < -0.4 is 9.46 Å². The molecule has 7 nitrogen and oxygen atoms in total. The predicted octanol–water partition coefficient (Wildman–Crippen LogP) is 0.0849. The van der Waals surface area contributed by atoms with Gasteiger partial charge in [0, 0.05) is 18.8 Å². The summed E-state index contributed by atoms with van der Waals surface area (Å²) in [4.78, 5) is 29.4. The molecule has 1 rings (SSSR count). The Balaban J connectivity index is 3.19. The summed E-state index contributed by atoms with van der Waals surface area (Å²) in [5, 5.41) is 6.39. The van der Waals surface area contributed by atoms with Gasteiger partial charge < -0.3 is 24.4 Å². The highest BCUT2D eigenvalue weighted by molar-refractivity contribution is 7.74. The van der Waals surface area contributed by atoms with Crippen molar-refractivity contribution in [3.05, 3.63) is 30.1 Å². The van der Waals surface area contributed by atoms with E-state index in [0.29, 0.717) is 18.8 Å². The number of rotatable bonds is 4. The number of pyridine rings is 1. The largest absolute Gasteiger partial charge is 0.776 e. The zero-order valence-electron chi connectivity index (χ0n) is 10.6. The quantitative estimate of drug-likeness (QED) is 0.523. The van der Waals surface area contributed by atoms with Crippen LogP contribution in [-0.2, 0) is 21.9 Å². The number of halogens is 3. The van der Waals surface area contributed by atoms with E-state index < -0.39 is 38.3 Å². The van der Waals surface area contributed by atoms with Crippen molar-refractivity contribution in [2.45, 2.75) is 17.8 Å². The molecule has 0 fully saturated rings. The molecule has 0 radical (unpaired) electrons. The molecule has 0 aromatic carbocycles. The minimum Gasteiger partial charge on any atom is -0.776 e. The maximum Gasteiger partial charge on any atom is 0.416 e. The van der Waals surface area contributed by atoms with Crippen LogP contribution in [0.1, 0.15) is 5.56 Å². The number of aromatic nitrogens is 1. The second-order valence-corrected chi connectivity index (χ2v) is 9.06. The normalized spacial score (nSPS) is 21.1. The predicted molar refractivity (Wildman–Crippen MR) is 62.2 cm³/mol. The van der Waals surface area contributed by atoms with E-state index in [0.717, 1.165) is 17.0 Å². The van der Waals surface area contributed by atoms with Gasteiger partial charge in [-0.15, -0.1) is 0 Å². The minimum absolute atomic E-state index is 0.512. The number of aliphatic hydroxyl groups is 1. The van der Waals surface area contributed by atoms with E-state index in [2.05, 4.69) is 0 Å². The van der Waals surface area contributed by atoms with E-state index >= 15 is 0 Å². The van der Waals surface area contributed by atoms with Crippen molar-refractivity contribution in [1.82, 2.24) is 0 Å². The van der Waals surface area contributed by atoms with Gasteiger partial charge in [-0.05, 0) is 0 Å². The van der Waals surface area contributed by atoms with Crippen molar-refractivity contribution in [3.8, 4) is 0 Å². The molecule has 0 saturated carbocycles. The Morgan fingerprint density at radius 2 is 1.67 bits per heavy atom. The molecule has 0 aliphatic heterocycles. The number of nitrogens with zero attached hydrogens (tertiary/aromatic N) is 1. The van der Waals surface area contributed by atoms with Crippen molar-refractivity contribution in [3.63, 3.8) is 0 Å². The van der Waals surface area contributed by atoms with Crippen LogP contribution >= 0.6 is 15.0 Å². The fourth-order valence-corrected chi connectivity index (χ4v) is 4.10. The van der Waals surface area contributed by atoms with Crippen LogP contribution in [0.5, 0.6) is 0 Å². The summed E-state index contributed by atoms with van der Waals surface area (Å²) in [5.41, 5.74) is -1.03. The molecule has 1 heterocycles. The van der Waals surface area contributed by atoms with Crippen molar-refractivity contribution in [1.29, 1.82) is 0 Å². The number of hydrogen-bond donors (Lipinski definition) is 3. The standard InChI is InChI=1S/C9H12F3NO6P2/c1-20(15,16)8(14,21(17,18)19)6-13-4-2-7(3-5-13)9(10,11)12/h2-5,14H,6H2,1H3,(H2-,15,16,17,18,19). The van der Waals surface area contributed by atoms with E-state index in [-0.39, 0.29) is 0 Å². The van der Waals surface area contributed by atoms with Gasteiger partial charge in [-0.3, -0.25) is 4.57 Å². The van der Waals surface area contributed by atoms with Crippen LogP contribution in [0.4, 0.5) is 13.2 Å². The van der Waals surface area contributed by atoms with Crippen LogP contribution in [0.25, 0.3) is 0 Å². The van der Waals surface area contributed by atoms with Gasteiger partial charge in [0.1, 0.15) is 0 Å². The zero-order valence-corrected chi connectivity index (χ0v) is 12.3. The lowest BCUT2D eigenvalue weighted by molar-refractivity contribution is -0.703. The lowest BCUT2D eigenvalue weighted by Gasteiger charge is -2.35. The van der Waals surface area contributed by atoms with Crippen molar-refractivity contribution < 1.29 is 46.7 Å². The van der Waals surface area contributed by atoms with Crippen LogP contribution in [0.15, 0.2) is 24.5 Å². The van der Waals surface area contributed by atoms with E-state index in [4.69, 9.17) is 4.89 Å². The molecule has 1 aromatic heterocycles. The average Bonchev–Trinajstić information content (AvgIpc) is 2.25. The first kappa shape index (κ1) is 18.3. The Bertz CT molecular complexity index is 583. The second-order valence-electron chi connectivity index (χ2n) is 4.43. The molecule has 3 unspecified atom stereocenters. The zero-order chi connectivity index (χ0) is 16.7. The molecule has 1 aromatic rings. The van der Waals surface area contributed by atoms with Gasteiger partial charge in [0.25, 0.3) is 5.08 Å². The Morgan fingerprint density at radius 1 is 1.24 bits per heavy atom. The van der Waals surface area contributed by atoms with Crippen LogP contribution in [0.3, 0.4) is 0 Å². The van der Waals surface area contributed by atoms with Crippen molar-refractivity contribution in [2.75, 3.05) is 6.66 Å². The topological polar surface area (TPSA) is 122 Å². The van der Waals surface area contributed by atoms with E-state index in [1.165, 1.54) is 0 Å². The van der Waals surface area contributed by atoms with Crippen molar-refractivity contribution >= 4 is 15.0 Å². The van der Waals surface area contributed by atoms with Gasteiger partial charge in [-0.1, -0.05) is 0 Å². The van der Waals surface area contributed by atoms with E-state index in [1.807, 2.05) is 0 Å². The fraction of sp³-hybridized carbons (Fsp3) is 0.444.